The van der Waals surface area contributed by atoms with E-state index in [1.807, 2.05) is 31.2 Å². The number of benzene rings is 2. The van der Waals surface area contributed by atoms with Crippen molar-refractivity contribution in [2.75, 3.05) is 5.32 Å². The SMILES string of the molecule is Cc1ccc(CNc2noc(-c3ccc(C)cc3)n2)cc1. The van der Waals surface area contributed by atoms with E-state index in [1.54, 1.807) is 0 Å². The molecule has 0 saturated heterocycles. The van der Waals surface area contributed by atoms with Gasteiger partial charge in [0.2, 0.25) is 0 Å². The van der Waals surface area contributed by atoms with E-state index in [4.69, 9.17) is 4.52 Å². The summed E-state index contributed by atoms with van der Waals surface area (Å²) in [6.45, 7) is 4.80. The van der Waals surface area contributed by atoms with Gasteiger partial charge >= 0.3 is 0 Å². The van der Waals surface area contributed by atoms with Crippen LogP contribution in [0.2, 0.25) is 0 Å². The van der Waals surface area contributed by atoms with E-state index in [0.29, 0.717) is 18.4 Å². The van der Waals surface area contributed by atoms with Gasteiger partial charge < -0.3 is 9.84 Å². The Morgan fingerprint density at radius 1 is 0.905 bits per heavy atom. The normalized spacial score (nSPS) is 10.6. The summed E-state index contributed by atoms with van der Waals surface area (Å²) in [5.74, 6) is 1.03. The highest BCUT2D eigenvalue weighted by Gasteiger charge is 2.08. The lowest BCUT2D eigenvalue weighted by atomic mass is 10.1. The minimum Gasteiger partial charge on any atom is -0.347 e. The molecule has 0 amide bonds. The maximum absolute atomic E-state index is 5.27. The average molecular weight is 279 g/mol. The van der Waals surface area contributed by atoms with Crippen LogP contribution < -0.4 is 5.32 Å². The summed E-state index contributed by atoms with van der Waals surface area (Å²) in [5, 5.41) is 7.12. The second-order valence-electron chi connectivity index (χ2n) is 5.13. The van der Waals surface area contributed by atoms with Gasteiger partial charge in [0.1, 0.15) is 0 Å². The summed E-state index contributed by atoms with van der Waals surface area (Å²) in [6, 6.07) is 16.4. The van der Waals surface area contributed by atoms with E-state index in [-0.39, 0.29) is 0 Å². The van der Waals surface area contributed by atoms with Crippen molar-refractivity contribution in [1.82, 2.24) is 10.1 Å². The molecule has 1 aromatic heterocycles. The first kappa shape index (κ1) is 13.4. The molecule has 0 aliphatic carbocycles. The highest BCUT2D eigenvalue weighted by molar-refractivity contribution is 5.54. The van der Waals surface area contributed by atoms with Crippen LogP contribution in [-0.2, 0) is 6.54 Å². The van der Waals surface area contributed by atoms with Crippen molar-refractivity contribution in [3.63, 3.8) is 0 Å². The van der Waals surface area contributed by atoms with E-state index in [2.05, 4.69) is 46.6 Å². The molecule has 0 aliphatic heterocycles. The average Bonchev–Trinajstić information content (AvgIpc) is 2.96. The number of aryl methyl sites for hydroxylation is 2. The molecule has 4 heteroatoms. The van der Waals surface area contributed by atoms with Gasteiger partial charge in [-0.3, -0.25) is 0 Å². The number of nitrogens with one attached hydrogen (secondary N) is 1. The minimum atomic E-state index is 0.506. The van der Waals surface area contributed by atoms with Crippen molar-refractivity contribution < 1.29 is 4.52 Å². The van der Waals surface area contributed by atoms with Gasteiger partial charge in [-0.2, -0.15) is 4.98 Å². The van der Waals surface area contributed by atoms with Crippen LogP contribution in [0.4, 0.5) is 5.95 Å². The van der Waals surface area contributed by atoms with Crippen LogP contribution in [0.15, 0.2) is 53.1 Å². The molecule has 106 valence electrons. The zero-order chi connectivity index (χ0) is 14.7. The topological polar surface area (TPSA) is 51.0 Å². The Morgan fingerprint density at radius 2 is 1.52 bits per heavy atom. The second kappa shape index (κ2) is 5.79. The largest absolute Gasteiger partial charge is 0.347 e. The Labute approximate surface area is 123 Å². The molecule has 0 atom stereocenters. The highest BCUT2D eigenvalue weighted by Crippen LogP contribution is 2.19. The van der Waals surface area contributed by atoms with E-state index >= 15 is 0 Å². The molecule has 3 rings (SSSR count). The van der Waals surface area contributed by atoms with Crippen LogP contribution in [0.25, 0.3) is 11.5 Å². The van der Waals surface area contributed by atoms with Crippen molar-refractivity contribution in [2.24, 2.45) is 0 Å². The Kier molecular flexibility index (Phi) is 3.69. The molecule has 1 heterocycles. The lowest BCUT2D eigenvalue weighted by Gasteiger charge is -2.01. The van der Waals surface area contributed by atoms with E-state index < -0.39 is 0 Å². The number of anilines is 1. The molecule has 0 radical (unpaired) electrons. The van der Waals surface area contributed by atoms with Gasteiger partial charge in [-0.05, 0) is 36.7 Å². The van der Waals surface area contributed by atoms with Crippen LogP contribution in [0, 0.1) is 13.8 Å². The van der Waals surface area contributed by atoms with Gasteiger partial charge in [0, 0.05) is 12.1 Å². The lowest BCUT2D eigenvalue weighted by Crippen LogP contribution is -2.00. The summed E-state index contributed by atoms with van der Waals surface area (Å²) >= 11 is 0. The maximum atomic E-state index is 5.27. The highest BCUT2D eigenvalue weighted by atomic mass is 16.5. The fourth-order valence-corrected chi connectivity index (χ4v) is 2.00. The van der Waals surface area contributed by atoms with Crippen LogP contribution in [0.1, 0.15) is 16.7 Å². The van der Waals surface area contributed by atoms with Crippen LogP contribution in [-0.4, -0.2) is 10.1 Å². The van der Waals surface area contributed by atoms with Crippen molar-refractivity contribution in [1.29, 1.82) is 0 Å². The van der Waals surface area contributed by atoms with Crippen LogP contribution in [0.3, 0.4) is 0 Å². The number of aromatic nitrogens is 2. The third-order valence-electron chi connectivity index (χ3n) is 3.30. The van der Waals surface area contributed by atoms with Gasteiger partial charge in [-0.25, -0.2) is 0 Å². The molecule has 1 N–H and O–H groups in total. The van der Waals surface area contributed by atoms with Crippen molar-refractivity contribution in [2.45, 2.75) is 20.4 Å². The maximum Gasteiger partial charge on any atom is 0.264 e. The lowest BCUT2D eigenvalue weighted by molar-refractivity contribution is 0.432. The Hall–Kier alpha value is -2.62. The third-order valence-corrected chi connectivity index (χ3v) is 3.30. The molecular weight excluding hydrogens is 262 g/mol. The van der Waals surface area contributed by atoms with Crippen LogP contribution >= 0.6 is 0 Å². The summed E-state index contributed by atoms with van der Waals surface area (Å²) in [5.41, 5.74) is 4.56. The van der Waals surface area contributed by atoms with Crippen LogP contribution in [0.5, 0.6) is 0 Å². The van der Waals surface area contributed by atoms with E-state index in [1.165, 1.54) is 16.7 Å². The first-order valence-corrected chi connectivity index (χ1v) is 6.91. The quantitative estimate of drug-likeness (QED) is 0.785. The first-order valence-electron chi connectivity index (χ1n) is 6.91. The minimum absolute atomic E-state index is 0.506. The summed E-state index contributed by atoms with van der Waals surface area (Å²) in [7, 11) is 0. The fourth-order valence-electron chi connectivity index (χ4n) is 2.00. The molecule has 4 nitrogen and oxygen atoms in total. The third kappa shape index (κ3) is 3.28. The molecule has 0 bridgehead atoms. The smallest absolute Gasteiger partial charge is 0.264 e. The van der Waals surface area contributed by atoms with Crippen molar-refractivity contribution >= 4 is 5.95 Å². The molecule has 0 fully saturated rings. The summed E-state index contributed by atoms with van der Waals surface area (Å²) < 4.78 is 5.27. The zero-order valence-electron chi connectivity index (χ0n) is 12.1. The monoisotopic (exact) mass is 279 g/mol. The molecular formula is C17H17N3O. The van der Waals surface area contributed by atoms with Crippen molar-refractivity contribution in [3.8, 4) is 11.5 Å². The molecule has 0 spiro atoms. The number of hydrogen-bond donors (Lipinski definition) is 1. The van der Waals surface area contributed by atoms with Gasteiger partial charge in [0.05, 0.1) is 0 Å². The number of rotatable bonds is 4. The second-order valence-corrected chi connectivity index (χ2v) is 5.13. The Balaban J connectivity index is 1.67. The van der Waals surface area contributed by atoms with Gasteiger partial charge in [-0.15, -0.1) is 0 Å². The summed E-state index contributed by atoms with van der Waals surface area (Å²) in [4.78, 5) is 4.35. The predicted octanol–water partition coefficient (Wildman–Crippen LogP) is 3.97. The molecule has 2 aromatic carbocycles. The van der Waals surface area contributed by atoms with Gasteiger partial charge in [0.15, 0.2) is 0 Å². The Morgan fingerprint density at radius 3 is 2.19 bits per heavy atom. The fraction of sp³-hybridized carbons (Fsp3) is 0.176. The number of hydrogen-bond acceptors (Lipinski definition) is 4. The molecule has 0 unspecified atom stereocenters. The standard InChI is InChI=1S/C17H17N3O/c1-12-3-7-14(8-4-12)11-18-17-19-16(21-20-17)15-9-5-13(2)6-10-15/h3-10H,11H2,1-2H3,(H,18,20). The first-order chi connectivity index (χ1) is 10.2. The molecule has 21 heavy (non-hydrogen) atoms. The molecule has 3 aromatic rings. The zero-order valence-corrected chi connectivity index (χ0v) is 12.1. The molecule has 0 aliphatic rings. The van der Waals surface area contributed by atoms with E-state index in [0.717, 1.165) is 5.56 Å². The summed E-state index contributed by atoms with van der Waals surface area (Å²) in [6.07, 6.45) is 0. The van der Waals surface area contributed by atoms with Gasteiger partial charge in [0.25, 0.3) is 11.8 Å². The Bertz CT molecular complexity index is 715. The predicted molar refractivity (Wildman–Crippen MR) is 83.0 cm³/mol. The number of nitrogens with zero attached hydrogens (tertiary/aromatic N) is 2. The van der Waals surface area contributed by atoms with E-state index in [9.17, 15) is 0 Å². The van der Waals surface area contributed by atoms with Gasteiger partial charge in [-0.1, -0.05) is 47.5 Å². The molecule has 0 saturated carbocycles. The van der Waals surface area contributed by atoms with Crippen molar-refractivity contribution in [3.05, 3.63) is 65.2 Å².